The van der Waals surface area contributed by atoms with Gasteiger partial charge in [-0.3, -0.25) is 4.79 Å². The average Bonchev–Trinajstić information content (AvgIpc) is 3.24. The van der Waals surface area contributed by atoms with Crippen molar-refractivity contribution in [3.8, 4) is 0 Å². The summed E-state index contributed by atoms with van der Waals surface area (Å²) in [4.78, 5) is 21.5. The molecule has 1 amide bonds. The molecule has 1 saturated carbocycles. The molecular formula is C19H28N6O. The summed E-state index contributed by atoms with van der Waals surface area (Å²) in [7, 11) is 0. The highest BCUT2D eigenvalue weighted by molar-refractivity contribution is 5.92. The first kappa shape index (κ1) is 18.5. The minimum atomic E-state index is -0.227. The van der Waals surface area contributed by atoms with Gasteiger partial charge in [0, 0.05) is 11.7 Å². The van der Waals surface area contributed by atoms with Gasteiger partial charge in [0.2, 0.25) is 0 Å². The molecule has 2 aromatic rings. The van der Waals surface area contributed by atoms with E-state index in [-0.39, 0.29) is 11.9 Å². The van der Waals surface area contributed by atoms with Crippen LogP contribution in [0.3, 0.4) is 0 Å². The molecule has 140 valence electrons. The second-order valence-corrected chi connectivity index (χ2v) is 7.62. The normalized spacial score (nSPS) is 16.2. The highest BCUT2D eigenvalue weighted by atomic mass is 16.1. The molecule has 0 radical (unpaired) electrons. The molecular weight excluding hydrogens is 328 g/mol. The lowest BCUT2D eigenvalue weighted by Crippen LogP contribution is -2.30. The van der Waals surface area contributed by atoms with Crippen molar-refractivity contribution in [2.45, 2.75) is 71.9 Å². The van der Waals surface area contributed by atoms with Gasteiger partial charge in [-0.15, -0.1) is 10.2 Å². The Kier molecular flexibility index (Phi) is 5.64. The molecule has 0 aromatic carbocycles. The van der Waals surface area contributed by atoms with E-state index in [4.69, 9.17) is 0 Å². The zero-order valence-electron chi connectivity index (χ0n) is 16.1. The van der Waals surface area contributed by atoms with E-state index >= 15 is 0 Å². The summed E-state index contributed by atoms with van der Waals surface area (Å²) in [5.41, 5.74) is 1.31. The van der Waals surface area contributed by atoms with E-state index in [2.05, 4.69) is 43.9 Å². The second kappa shape index (κ2) is 7.93. The van der Waals surface area contributed by atoms with Crippen molar-refractivity contribution < 1.29 is 4.79 Å². The Bertz CT molecular complexity index is 763. The number of aromatic nitrogens is 5. The van der Waals surface area contributed by atoms with E-state index in [0.29, 0.717) is 23.5 Å². The van der Waals surface area contributed by atoms with E-state index in [0.717, 1.165) is 30.8 Å². The molecule has 1 N–H and O–H groups in total. The van der Waals surface area contributed by atoms with Gasteiger partial charge in [-0.1, -0.05) is 26.7 Å². The highest BCUT2D eigenvalue weighted by Crippen LogP contribution is 2.31. The molecule has 3 rings (SSSR count). The van der Waals surface area contributed by atoms with Crippen molar-refractivity contribution in [2.24, 2.45) is 5.92 Å². The maximum atomic E-state index is 12.7. The zero-order chi connectivity index (χ0) is 18.7. The Morgan fingerprint density at radius 1 is 1.27 bits per heavy atom. The van der Waals surface area contributed by atoms with Gasteiger partial charge in [0.25, 0.3) is 5.91 Å². The van der Waals surface area contributed by atoms with Gasteiger partial charge in [-0.2, -0.15) is 0 Å². The SMILES string of the molecule is Cc1nc(CC(C)C)cc(C(=O)N[C@H](C)c2nncn2C2CCCC2)n1. The summed E-state index contributed by atoms with van der Waals surface area (Å²) in [5.74, 6) is 1.70. The number of carbonyl (C=O) groups excluding carboxylic acids is 1. The smallest absolute Gasteiger partial charge is 0.270 e. The van der Waals surface area contributed by atoms with Crippen LogP contribution in [0, 0.1) is 12.8 Å². The molecule has 1 aliphatic carbocycles. The molecule has 0 bridgehead atoms. The van der Waals surface area contributed by atoms with Gasteiger partial charge in [0.1, 0.15) is 17.8 Å². The first-order chi connectivity index (χ1) is 12.4. The van der Waals surface area contributed by atoms with Crippen molar-refractivity contribution in [3.05, 3.63) is 35.4 Å². The van der Waals surface area contributed by atoms with Crippen LogP contribution in [0.25, 0.3) is 0 Å². The van der Waals surface area contributed by atoms with Crippen molar-refractivity contribution in [1.82, 2.24) is 30.0 Å². The minimum absolute atomic E-state index is 0.200. The number of amides is 1. The third kappa shape index (κ3) is 4.26. The zero-order valence-corrected chi connectivity index (χ0v) is 16.1. The first-order valence-electron chi connectivity index (χ1n) is 9.49. The number of aryl methyl sites for hydroxylation is 1. The molecule has 2 heterocycles. The lowest BCUT2D eigenvalue weighted by atomic mass is 10.1. The maximum Gasteiger partial charge on any atom is 0.270 e. The van der Waals surface area contributed by atoms with Crippen LogP contribution in [0.5, 0.6) is 0 Å². The van der Waals surface area contributed by atoms with Crippen molar-refractivity contribution >= 4 is 5.91 Å². The Morgan fingerprint density at radius 2 is 2.00 bits per heavy atom. The third-order valence-electron chi connectivity index (χ3n) is 4.79. The lowest BCUT2D eigenvalue weighted by molar-refractivity contribution is 0.0931. The molecule has 0 unspecified atom stereocenters. The van der Waals surface area contributed by atoms with Crippen LogP contribution >= 0.6 is 0 Å². The highest BCUT2D eigenvalue weighted by Gasteiger charge is 2.24. The Labute approximate surface area is 154 Å². The molecule has 0 saturated heterocycles. The monoisotopic (exact) mass is 356 g/mol. The summed E-state index contributed by atoms with van der Waals surface area (Å²) in [6.07, 6.45) is 7.38. The molecule has 0 aliphatic heterocycles. The molecule has 2 aromatic heterocycles. The van der Waals surface area contributed by atoms with Crippen LogP contribution in [0.1, 0.15) is 86.4 Å². The molecule has 0 spiro atoms. The van der Waals surface area contributed by atoms with Crippen molar-refractivity contribution in [3.63, 3.8) is 0 Å². The number of carbonyl (C=O) groups is 1. The summed E-state index contributed by atoms with van der Waals surface area (Å²) in [6.45, 7) is 8.03. The van der Waals surface area contributed by atoms with Crippen molar-refractivity contribution in [1.29, 1.82) is 0 Å². The summed E-state index contributed by atoms with van der Waals surface area (Å²) in [6, 6.07) is 2.00. The maximum absolute atomic E-state index is 12.7. The Balaban J connectivity index is 1.74. The number of nitrogens with one attached hydrogen (secondary N) is 1. The predicted molar refractivity (Wildman–Crippen MR) is 98.7 cm³/mol. The third-order valence-corrected chi connectivity index (χ3v) is 4.79. The van der Waals surface area contributed by atoms with Crippen LogP contribution in [-0.2, 0) is 6.42 Å². The Morgan fingerprint density at radius 3 is 2.69 bits per heavy atom. The van der Waals surface area contributed by atoms with Crippen molar-refractivity contribution in [2.75, 3.05) is 0 Å². The number of rotatable bonds is 6. The fourth-order valence-corrected chi connectivity index (χ4v) is 3.63. The molecule has 7 nitrogen and oxygen atoms in total. The predicted octanol–water partition coefficient (Wildman–Crippen LogP) is 3.18. The number of nitrogens with zero attached hydrogens (tertiary/aromatic N) is 5. The first-order valence-corrected chi connectivity index (χ1v) is 9.49. The Hall–Kier alpha value is -2.31. The molecule has 7 heteroatoms. The van der Waals surface area contributed by atoms with Gasteiger partial charge < -0.3 is 9.88 Å². The fraction of sp³-hybridized carbons (Fsp3) is 0.632. The van der Waals surface area contributed by atoms with Crippen LogP contribution in [-0.4, -0.2) is 30.6 Å². The molecule has 1 fully saturated rings. The molecule has 1 aliphatic rings. The summed E-state index contributed by atoms with van der Waals surface area (Å²) < 4.78 is 2.12. The topological polar surface area (TPSA) is 85.6 Å². The van der Waals surface area contributed by atoms with Crippen LogP contribution < -0.4 is 5.32 Å². The number of hydrogen-bond acceptors (Lipinski definition) is 5. The average molecular weight is 356 g/mol. The number of hydrogen-bond donors (Lipinski definition) is 1. The van der Waals surface area contributed by atoms with E-state index in [9.17, 15) is 4.79 Å². The van der Waals surface area contributed by atoms with Gasteiger partial charge in [-0.05, 0) is 45.1 Å². The van der Waals surface area contributed by atoms with Gasteiger partial charge in [0.15, 0.2) is 5.82 Å². The molecule has 26 heavy (non-hydrogen) atoms. The van der Waals surface area contributed by atoms with Gasteiger partial charge in [0.05, 0.1) is 6.04 Å². The minimum Gasteiger partial charge on any atom is -0.341 e. The van der Waals surface area contributed by atoms with Gasteiger partial charge >= 0.3 is 0 Å². The molecule has 1 atom stereocenters. The van der Waals surface area contributed by atoms with E-state index in [1.54, 1.807) is 12.4 Å². The largest absolute Gasteiger partial charge is 0.341 e. The van der Waals surface area contributed by atoms with E-state index in [1.165, 1.54) is 12.8 Å². The summed E-state index contributed by atoms with van der Waals surface area (Å²) in [5, 5.41) is 11.3. The van der Waals surface area contributed by atoms with Crippen LogP contribution in [0.4, 0.5) is 0 Å². The summed E-state index contributed by atoms with van der Waals surface area (Å²) >= 11 is 0. The standard InChI is InChI=1S/C19H28N6O/c1-12(2)9-15-10-17(23-14(4)22-15)19(26)21-13(3)18-24-20-11-25(18)16-7-5-6-8-16/h10-13,16H,5-9H2,1-4H3,(H,21,26)/t13-/m1/s1. The lowest BCUT2D eigenvalue weighted by Gasteiger charge is -2.18. The second-order valence-electron chi connectivity index (χ2n) is 7.62. The van der Waals surface area contributed by atoms with Crippen LogP contribution in [0.15, 0.2) is 12.4 Å². The van der Waals surface area contributed by atoms with Gasteiger partial charge in [-0.25, -0.2) is 9.97 Å². The fourth-order valence-electron chi connectivity index (χ4n) is 3.63. The quantitative estimate of drug-likeness (QED) is 0.859. The van der Waals surface area contributed by atoms with Crippen LogP contribution in [0.2, 0.25) is 0 Å². The van der Waals surface area contributed by atoms with E-state index in [1.807, 2.05) is 13.8 Å². The van der Waals surface area contributed by atoms with E-state index < -0.39 is 0 Å².